The second-order valence-corrected chi connectivity index (χ2v) is 8.08. The molecule has 1 saturated heterocycles. The minimum atomic E-state index is -2.53. The smallest absolute Gasteiger partial charge is 0.257 e. The molecule has 0 bridgehead atoms. The van der Waals surface area contributed by atoms with Crippen LogP contribution in [0.25, 0.3) is 11.4 Å². The number of nitrogens with zero attached hydrogens (tertiary/aromatic N) is 7. The Morgan fingerprint density at radius 1 is 1.36 bits per heavy atom. The molecule has 1 N–H and O–H groups in total. The summed E-state index contributed by atoms with van der Waals surface area (Å²) in [5, 5.41) is 16.4. The maximum atomic E-state index is 14.7. The number of carbonyl (C=O) groups is 1. The normalized spacial score (nSPS) is 17.6. The van der Waals surface area contributed by atoms with E-state index >= 15 is 0 Å². The van der Waals surface area contributed by atoms with Crippen LogP contribution >= 0.6 is 0 Å². The van der Waals surface area contributed by atoms with Gasteiger partial charge in [-0.3, -0.25) is 9.48 Å². The fourth-order valence-corrected chi connectivity index (χ4v) is 3.78. The maximum absolute atomic E-state index is 14.7. The number of hydrogen-bond acceptors (Lipinski definition) is 8. The van der Waals surface area contributed by atoms with Gasteiger partial charge in [-0.25, -0.2) is 23.1 Å². The molecule has 10 nitrogen and oxygen atoms in total. The van der Waals surface area contributed by atoms with E-state index < -0.39 is 25.2 Å². The van der Waals surface area contributed by atoms with Crippen LogP contribution in [-0.2, 0) is 11.3 Å². The van der Waals surface area contributed by atoms with Crippen molar-refractivity contribution in [2.75, 3.05) is 18.4 Å². The lowest BCUT2D eigenvalue weighted by molar-refractivity contribution is -0.134. The van der Waals surface area contributed by atoms with E-state index in [4.69, 9.17) is 4.74 Å². The second-order valence-electron chi connectivity index (χ2n) is 8.08. The minimum absolute atomic E-state index is 0.0427. The van der Waals surface area contributed by atoms with Gasteiger partial charge in [0.05, 0.1) is 24.0 Å². The highest BCUT2D eigenvalue weighted by atomic mass is 19.3. The molecule has 36 heavy (non-hydrogen) atoms. The van der Waals surface area contributed by atoms with E-state index in [0.29, 0.717) is 30.6 Å². The summed E-state index contributed by atoms with van der Waals surface area (Å²) in [6.45, 7) is 1.54. The highest BCUT2D eigenvalue weighted by Gasteiger charge is 2.33. The molecule has 3 aromatic rings. The third-order valence-corrected chi connectivity index (χ3v) is 5.56. The third-order valence-electron chi connectivity index (χ3n) is 5.56. The summed E-state index contributed by atoms with van der Waals surface area (Å²) in [4.78, 5) is 25.8. The molecule has 13 heteroatoms. The van der Waals surface area contributed by atoms with Gasteiger partial charge in [0.1, 0.15) is 30.8 Å². The van der Waals surface area contributed by atoms with Gasteiger partial charge in [0.2, 0.25) is 11.9 Å². The number of nitrogens with one attached hydrogen (secondary N) is 1. The number of alkyl halides is 3. The Hall–Kier alpha value is -4.21. The number of aromatic nitrogens is 5. The number of carbonyl (C=O) groups excluding carboxylic acids is 1. The molecule has 188 valence electrons. The molecule has 0 saturated carbocycles. The lowest BCUT2D eigenvalue weighted by Gasteiger charge is -2.34. The van der Waals surface area contributed by atoms with Crippen LogP contribution in [0.4, 0.5) is 24.8 Å². The van der Waals surface area contributed by atoms with E-state index in [2.05, 4.69) is 25.4 Å². The zero-order chi connectivity index (χ0) is 25.7. The van der Waals surface area contributed by atoms with Crippen molar-refractivity contribution in [1.29, 1.82) is 5.26 Å². The number of rotatable bonds is 8. The van der Waals surface area contributed by atoms with Crippen LogP contribution in [0.15, 0.2) is 36.9 Å². The molecule has 1 aliphatic heterocycles. The Kier molecular flexibility index (Phi) is 7.62. The van der Waals surface area contributed by atoms with Gasteiger partial charge in [-0.2, -0.15) is 15.3 Å². The van der Waals surface area contributed by atoms with Crippen molar-refractivity contribution < 1.29 is 22.7 Å². The highest BCUT2D eigenvalue weighted by Crippen LogP contribution is 2.28. The quantitative estimate of drug-likeness (QED) is 0.500. The standard InChI is InChI=1S/C23H23F3N8O2/c1-2-21(35)33-6-5-19(17(24)11-33)36-18-4-3-14(7-15(18)8-27)22-28-13-29-23(32-22)31-16-9-30-34(10-16)12-20(25)26/h3-4,7,9-10,13,17,19-20H,2,5-6,11-12H2,1H3,(H,28,29,31,32)/t17-,19+/m1/s1. The number of nitriles is 1. The van der Waals surface area contributed by atoms with Crippen molar-refractivity contribution in [2.24, 2.45) is 0 Å². The largest absolute Gasteiger partial charge is 0.486 e. The fourth-order valence-electron chi connectivity index (χ4n) is 3.78. The van der Waals surface area contributed by atoms with E-state index in [1.54, 1.807) is 19.1 Å². The lowest BCUT2D eigenvalue weighted by atomic mass is 10.0. The van der Waals surface area contributed by atoms with Crippen LogP contribution in [0.1, 0.15) is 25.3 Å². The van der Waals surface area contributed by atoms with Crippen molar-refractivity contribution in [2.45, 2.75) is 45.0 Å². The van der Waals surface area contributed by atoms with Gasteiger partial charge in [-0.05, 0) is 18.2 Å². The van der Waals surface area contributed by atoms with Crippen LogP contribution in [0.5, 0.6) is 5.75 Å². The molecule has 2 atom stereocenters. The summed E-state index contributed by atoms with van der Waals surface area (Å²) in [5.41, 5.74) is 1.09. The predicted octanol–water partition coefficient (Wildman–Crippen LogP) is 3.34. The number of likely N-dealkylation sites (tertiary alicyclic amines) is 1. The van der Waals surface area contributed by atoms with E-state index in [-0.39, 0.29) is 35.5 Å². The Morgan fingerprint density at radius 2 is 2.19 bits per heavy atom. The Labute approximate surface area is 204 Å². The van der Waals surface area contributed by atoms with Gasteiger partial charge in [-0.15, -0.1) is 0 Å². The summed E-state index contributed by atoms with van der Waals surface area (Å²) in [6, 6.07) is 6.76. The van der Waals surface area contributed by atoms with Crippen molar-refractivity contribution in [3.05, 3.63) is 42.5 Å². The number of hydrogen-bond donors (Lipinski definition) is 1. The predicted molar refractivity (Wildman–Crippen MR) is 122 cm³/mol. The molecule has 0 radical (unpaired) electrons. The van der Waals surface area contributed by atoms with Gasteiger partial charge in [0, 0.05) is 31.1 Å². The molecule has 1 aliphatic rings. The fraction of sp³-hybridized carbons (Fsp3) is 0.391. The molecule has 1 amide bonds. The van der Waals surface area contributed by atoms with E-state index in [0.717, 1.165) is 4.68 Å². The van der Waals surface area contributed by atoms with E-state index in [1.807, 2.05) is 6.07 Å². The minimum Gasteiger partial charge on any atom is -0.486 e. The first-order valence-corrected chi connectivity index (χ1v) is 11.3. The number of amides is 1. The summed E-state index contributed by atoms with van der Waals surface area (Å²) in [6.07, 6.45) is -0.0144. The summed E-state index contributed by atoms with van der Waals surface area (Å²) < 4.78 is 46.6. The topological polar surface area (TPSA) is 122 Å². The van der Waals surface area contributed by atoms with Crippen LogP contribution < -0.4 is 10.1 Å². The first kappa shape index (κ1) is 24.9. The third kappa shape index (κ3) is 5.88. The number of anilines is 2. The average molecular weight is 500 g/mol. The number of ether oxygens (including phenoxy) is 1. The molecule has 1 aromatic carbocycles. The van der Waals surface area contributed by atoms with Gasteiger partial charge >= 0.3 is 0 Å². The molecule has 0 spiro atoms. The van der Waals surface area contributed by atoms with E-state index in [9.17, 15) is 23.2 Å². The molecule has 2 aromatic heterocycles. The summed E-state index contributed by atoms with van der Waals surface area (Å²) >= 11 is 0. The monoisotopic (exact) mass is 500 g/mol. The molecule has 3 heterocycles. The lowest BCUT2D eigenvalue weighted by Crippen LogP contribution is -2.49. The van der Waals surface area contributed by atoms with Crippen LogP contribution in [-0.4, -0.2) is 67.3 Å². The van der Waals surface area contributed by atoms with Crippen LogP contribution in [0.2, 0.25) is 0 Å². The van der Waals surface area contributed by atoms with Gasteiger partial charge in [0.15, 0.2) is 12.0 Å². The second kappa shape index (κ2) is 11.0. The van der Waals surface area contributed by atoms with Gasteiger partial charge < -0.3 is 15.0 Å². The molecular formula is C23H23F3N8O2. The first-order valence-electron chi connectivity index (χ1n) is 11.3. The van der Waals surface area contributed by atoms with Crippen molar-refractivity contribution in [3.63, 3.8) is 0 Å². The van der Waals surface area contributed by atoms with Gasteiger partial charge in [-0.1, -0.05) is 6.92 Å². The average Bonchev–Trinajstić information content (AvgIpc) is 3.30. The van der Waals surface area contributed by atoms with Crippen molar-refractivity contribution in [1.82, 2.24) is 29.6 Å². The number of piperidine rings is 1. The Morgan fingerprint density at radius 3 is 2.92 bits per heavy atom. The highest BCUT2D eigenvalue weighted by molar-refractivity contribution is 5.76. The number of benzene rings is 1. The zero-order valence-corrected chi connectivity index (χ0v) is 19.3. The Balaban J connectivity index is 1.46. The number of halogens is 3. The molecule has 0 unspecified atom stereocenters. The summed E-state index contributed by atoms with van der Waals surface area (Å²) in [5.74, 6) is 0.531. The first-order chi connectivity index (χ1) is 17.4. The Bertz CT molecular complexity index is 1260. The van der Waals surface area contributed by atoms with Crippen molar-refractivity contribution in [3.8, 4) is 23.2 Å². The molecule has 0 aliphatic carbocycles. The molecular weight excluding hydrogens is 477 g/mol. The van der Waals surface area contributed by atoms with Gasteiger partial charge in [0.25, 0.3) is 6.43 Å². The summed E-state index contributed by atoms with van der Waals surface area (Å²) in [7, 11) is 0. The molecule has 4 rings (SSSR count). The van der Waals surface area contributed by atoms with Crippen LogP contribution in [0, 0.1) is 11.3 Å². The molecule has 1 fully saturated rings. The van der Waals surface area contributed by atoms with E-state index in [1.165, 1.54) is 29.7 Å². The maximum Gasteiger partial charge on any atom is 0.257 e. The SMILES string of the molecule is CCC(=O)N1CC[C@H](Oc2ccc(-c3ncnc(Nc4cnn(CC(F)F)c4)n3)cc2C#N)[C@H](F)C1. The van der Waals surface area contributed by atoms with Crippen molar-refractivity contribution >= 4 is 17.5 Å². The van der Waals surface area contributed by atoms with Crippen LogP contribution in [0.3, 0.4) is 0 Å². The zero-order valence-electron chi connectivity index (χ0n) is 19.3.